The second-order valence-corrected chi connectivity index (χ2v) is 2.91. The van der Waals surface area contributed by atoms with E-state index in [1.807, 2.05) is 0 Å². The van der Waals surface area contributed by atoms with Crippen LogP contribution in [-0.4, -0.2) is 6.54 Å². The molecule has 0 aromatic heterocycles. The highest BCUT2D eigenvalue weighted by atomic mass is 19.4. The fourth-order valence-electron chi connectivity index (χ4n) is 1.08. The van der Waals surface area contributed by atoms with E-state index in [4.69, 9.17) is 11.0 Å². The Hall–Kier alpha value is -1.98. The van der Waals surface area contributed by atoms with Gasteiger partial charge < -0.3 is 5.73 Å². The Morgan fingerprint density at radius 3 is 2.31 bits per heavy atom. The third-order valence-electron chi connectivity index (χ3n) is 1.72. The summed E-state index contributed by atoms with van der Waals surface area (Å²) in [7, 11) is 0. The molecule has 0 aliphatic rings. The Labute approximate surface area is 90.5 Å². The third-order valence-corrected chi connectivity index (χ3v) is 1.72. The van der Waals surface area contributed by atoms with Gasteiger partial charge in [0.05, 0.1) is 23.7 Å². The molecule has 0 aliphatic heterocycles. The van der Waals surface area contributed by atoms with E-state index in [2.05, 4.69) is 11.8 Å². The molecule has 1 aromatic rings. The molecule has 0 bridgehead atoms. The lowest BCUT2D eigenvalue weighted by atomic mass is 10.1. The summed E-state index contributed by atoms with van der Waals surface area (Å²) >= 11 is 0. The Morgan fingerprint density at radius 2 is 1.81 bits per heavy atom. The first kappa shape index (κ1) is 12.1. The van der Waals surface area contributed by atoms with Crippen LogP contribution in [0.4, 0.5) is 13.2 Å². The fourth-order valence-corrected chi connectivity index (χ4v) is 1.08. The van der Waals surface area contributed by atoms with Crippen LogP contribution < -0.4 is 5.73 Å². The van der Waals surface area contributed by atoms with Crippen LogP contribution in [0, 0.1) is 23.2 Å². The van der Waals surface area contributed by atoms with E-state index in [9.17, 15) is 13.2 Å². The highest BCUT2D eigenvalue weighted by Gasteiger charge is 2.31. The molecule has 0 atom stereocenters. The van der Waals surface area contributed by atoms with Gasteiger partial charge >= 0.3 is 6.18 Å². The van der Waals surface area contributed by atoms with Crippen molar-refractivity contribution in [3.05, 3.63) is 34.9 Å². The SMILES string of the molecule is N#Cc1cc(C#CCN)cc(C(F)(F)F)c1. The van der Waals surface area contributed by atoms with Gasteiger partial charge in [0, 0.05) is 5.56 Å². The van der Waals surface area contributed by atoms with Gasteiger partial charge in [-0.3, -0.25) is 0 Å². The smallest absolute Gasteiger partial charge is 0.320 e. The maximum absolute atomic E-state index is 12.4. The maximum atomic E-state index is 12.4. The van der Waals surface area contributed by atoms with Gasteiger partial charge in [-0.1, -0.05) is 11.8 Å². The number of halogens is 3. The highest BCUT2D eigenvalue weighted by Crippen LogP contribution is 2.30. The van der Waals surface area contributed by atoms with Crippen LogP contribution in [0.25, 0.3) is 0 Å². The molecule has 1 rings (SSSR count). The molecule has 16 heavy (non-hydrogen) atoms. The summed E-state index contributed by atoms with van der Waals surface area (Å²) in [6.07, 6.45) is -4.48. The topological polar surface area (TPSA) is 49.8 Å². The molecule has 2 nitrogen and oxygen atoms in total. The van der Waals surface area contributed by atoms with E-state index in [1.165, 1.54) is 6.07 Å². The number of nitrogens with zero attached hydrogens (tertiary/aromatic N) is 1. The van der Waals surface area contributed by atoms with Crippen molar-refractivity contribution in [1.29, 1.82) is 5.26 Å². The zero-order chi connectivity index (χ0) is 12.2. The molecule has 1 aromatic carbocycles. The molecule has 0 saturated carbocycles. The molecule has 0 heterocycles. The van der Waals surface area contributed by atoms with Gasteiger partial charge in [-0.05, 0) is 18.2 Å². The van der Waals surface area contributed by atoms with E-state index >= 15 is 0 Å². The van der Waals surface area contributed by atoms with E-state index < -0.39 is 11.7 Å². The molecule has 5 heteroatoms. The molecule has 0 radical (unpaired) electrons. The minimum atomic E-state index is -4.48. The average molecular weight is 224 g/mol. The molecular weight excluding hydrogens is 217 g/mol. The normalized spacial score (nSPS) is 10.2. The number of nitriles is 1. The quantitative estimate of drug-likeness (QED) is 0.684. The molecule has 0 spiro atoms. The zero-order valence-corrected chi connectivity index (χ0v) is 8.10. The summed E-state index contributed by atoms with van der Waals surface area (Å²) < 4.78 is 37.3. The summed E-state index contributed by atoms with van der Waals surface area (Å²) in [5, 5.41) is 8.59. The maximum Gasteiger partial charge on any atom is 0.416 e. The van der Waals surface area contributed by atoms with Gasteiger partial charge in [0.2, 0.25) is 0 Å². The predicted octanol–water partition coefficient (Wildman–Crippen LogP) is 1.89. The number of rotatable bonds is 0. The lowest BCUT2D eigenvalue weighted by Gasteiger charge is -2.07. The highest BCUT2D eigenvalue weighted by molar-refractivity contribution is 5.45. The van der Waals surface area contributed by atoms with Crippen LogP contribution in [-0.2, 0) is 6.18 Å². The van der Waals surface area contributed by atoms with Gasteiger partial charge in [0.15, 0.2) is 0 Å². The summed E-state index contributed by atoms with van der Waals surface area (Å²) in [6, 6.07) is 4.62. The van der Waals surface area contributed by atoms with Gasteiger partial charge in [0.1, 0.15) is 0 Å². The average Bonchev–Trinajstić information content (AvgIpc) is 2.24. The van der Waals surface area contributed by atoms with Gasteiger partial charge in [-0.25, -0.2) is 0 Å². The summed E-state index contributed by atoms with van der Waals surface area (Å²) in [5.74, 6) is 4.90. The third kappa shape index (κ3) is 3.01. The van der Waals surface area contributed by atoms with Crippen LogP contribution in [0.2, 0.25) is 0 Å². The van der Waals surface area contributed by atoms with Crippen molar-refractivity contribution in [3.63, 3.8) is 0 Å². The first-order chi connectivity index (χ1) is 7.47. The predicted molar refractivity (Wildman–Crippen MR) is 52.1 cm³/mol. The molecular formula is C11H7F3N2. The molecule has 0 unspecified atom stereocenters. The van der Waals surface area contributed by atoms with Crippen LogP contribution in [0.5, 0.6) is 0 Å². The van der Waals surface area contributed by atoms with Crippen molar-refractivity contribution in [2.75, 3.05) is 6.54 Å². The van der Waals surface area contributed by atoms with Crippen molar-refractivity contribution in [1.82, 2.24) is 0 Å². The van der Waals surface area contributed by atoms with Crippen molar-refractivity contribution in [2.24, 2.45) is 5.73 Å². The molecule has 0 aliphatic carbocycles. The lowest BCUT2D eigenvalue weighted by molar-refractivity contribution is -0.137. The summed E-state index contributed by atoms with van der Waals surface area (Å²) in [5.41, 5.74) is 4.29. The van der Waals surface area contributed by atoms with Crippen LogP contribution in [0.1, 0.15) is 16.7 Å². The molecule has 0 fully saturated rings. The Kier molecular flexibility index (Phi) is 3.55. The number of hydrogen-bond acceptors (Lipinski definition) is 2. The molecule has 0 amide bonds. The molecule has 2 N–H and O–H groups in total. The number of benzene rings is 1. The number of alkyl halides is 3. The Morgan fingerprint density at radius 1 is 1.19 bits per heavy atom. The largest absolute Gasteiger partial charge is 0.416 e. The first-order valence-electron chi connectivity index (χ1n) is 4.28. The van der Waals surface area contributed by atoms with Crippen molar-refractivity contribution in [2.45, 2.75) is 6.18 Å². The summed E-state index contributed by atoms with van der Waals surface area (Å²) in [4.78, 5) is 0. The van der Waals surface area contributed by atoms with Gasteiger partial charge in [0.25, 0.3) is 0 Å². The first-order valence-corrected chi connectivity index (χ1v) is 4.28. The van der Waals surface area contributed by atoms with Crippen molar-refractivity contribution >= 4 is 0 Å². The van der Waals surface area contributed by atoms with Crippen LogP contribution >= 0.6 is 0 Å². The van der Waals surface area contributed by atoms with E-state index in [0.29, 0.717) is 0 Å². The monoisotopic (exact) mass is 224 g/mol. The fraction of sp³-hybridized carbons (Fsp3) is 0.182. The van der Waals surface area contributed by atoms with Gasteiger partial charge in [-0.2, -0.15) is 18.4 Å². The van der Waals surface area contributed by atoms with Crippen LogP contribution in [0.3, 0.4) is 0 Å². The zero-order valence-electron chi connectivity index (χ0n) is 8.10. The number of nitrogens with two attached hydrogens (primary N) is 1. The second kappa shape index (κ2) is 4.69. The van der Waals surface area contributed by atoms with E-state index in [1.54, 1.807) is 6.07 Å². The van der Waals surface area contributed by atoms with Gasteiger partial charge in [-0.15, -0.1) is 0 Å². The van der Waals surface area contributed by atoms with Crippen molar-refractivity contribution < 1.29 is 13.2 Å². The molecule has 0 saturated heterocycles. The standard InChI is InChI=1S/C11H7F3N2/c12-11(13,14)10-5-8(2-1-3-15)4-9(6-10)7-16/h4-6H,3,15H2. The van der Waals surface area contributed by atoms with E-state index in [0.717, 1.165) is 12.1 Å². The van der Waals surface area contributed by atoms with Crippen molar-refractivity contribution in [3.8, 4) is 17.9 Å². The minimum Gasteiger partial charge on any atom is -0.320 e. The minimum absolute atomic E-state index is 0.0537. The van der Waals surface area contributed by atoms with Crippen LogP contribution in [0.15, 0.2) is 18.2 Å². The molecule has 82 valence electrons. The second-order valence-electron chi connectivity index (χ2n) is 2.91. The number of hydrogen-bond donors (Lipinski definition) is 1. The Bertz CT molecular complexity index is 487. The summed E-state index contributed by atoms with van der Waals surface area (Å²) in [6.45, 7) is 0.0537. The Balaban J connectivity index is 3.28. The lowest BCUT2D eigenvalue weighted by Crippen LogP contribution is -2.05. The van der Waals surface area contributed by atoms with E-state index in [-0.39, 0.29) is 17.7 Å².